The molecule has 1 atom stereocenters. The maximum Gasteiger partial charge on any atom is 0.242 e. The minimum absolute atomic E-state index is 0.0528. The fraction of sp³-hybridized carbons (Fsp3) is 0.440. The summed E-state index contributed by atoms with van der Waals surface area (Å²) in [5, 5.41) is 3.91. The van der Waals surface area contributed by atoms with Gasteiger partial charge in [0.05, 0.1) is 11.9 Å². The monoisotopic (exact) mass is 541 g/mol. The molecule has 0 saturated carbocycles. The number of benzene rings is 2. The van der Waals surface area contributed by atoms with E-state index in [9.17, 15) is 18.0 Å². The third kappa shape index (κ3) is 9.02. The third-order valence-corrected chi connectivity index (χ3v) is 7.05. The van der Waals surface area contributed by atoms with Crippen molar-refractivity contribution in [2.75, 3.05) is 17.1 Å². The van der Waals surface area contributed by atoms with E-state index in [0.717, 1.165) is 11.8 Å². The number of sulfonamides is 1. The van der Waals surface area contributed by atoms with Gasteiger partial charge in [0.25, 0.3) is 0 Å². The lowest BCUT2D eigenvalue weighted by Crippen LogP contribution is -2.52. The molecule has 7 nitrogen and oxygen atoms in total. The van der Waals surface area contributed by atoms with Crippen LogP contribution in [-0.2, 0) is 26.2 Å². The topological polar surface area (TPSA) is 86.8 Å². The normalized spacial score (nSPS) is 12.7. The fourth-order valence-corrected chi connectivity index (χ4v) is 4.76. The molecule has 0 bridgehead atoms. The zero-order chi connectivity index (χ0) is 26.4. The molecular formula is C25H33Cl2N3O4S. The molecule has 192 valence electrons. The maximum atomic E-state index is 13.3. The van der Waals surface area contributed by atoms with Gasteiger partial charge < -0.3 is 10.2 Å². The summed E-state index contributed by atoms with van der Waals surface area (Å²) in [6.45, 7) is 7.54. The summed E-state index contributed by atoms with van der Waals surface area (Å²) in [7, 11) is -3.57. The Labute approximate surface area is 218 Å². The number of anilines is 1. The highest BCUT2D eigenvalue weighted by atomic mass is 35.5. The molecule has 2 rings (SSSR count). The predicted octanol–water partition coefficient (Wildman–Crippen LogP) is 4.87. The Balaban J connectivity index is 2.19. The van der Waals surface area contributed by atoms with Gasteiger partial charge in [-0.25, -0.2) is 8.42 Å². The van der Waals surface area contributed by atoms with E-state index in [2.05, 4.69) is 5.32 Å². The molecule has 0 radical (unpaired) electrons. The van der Waals surface area contributed by atoms with Gasteiger partial charge in [-0.15, -0.1) is 0 Å². The Bertz CT molecular complexity index is 1130. The number of hydrogen-bond acceptors (Lipinski definition) is 4. The number of rotatable bonds is 10. The lowest BCUT2D eigenvalue weighted by atomic mass is 10.1. The van der Waals surface area contributed by atoms with Crippen molar-refractivity contribution in [3.63, 3.8) is 0 Å². The minimum Gasteiger partial charge on any atom is -0.350 e. The Morgan fingerprint density at radius 2 is 1.63 bits per heavy atom. The summed E-state index contributed by atoms with van der Waals surface area (Å²) in [4.78, 5) is 27.7. The number of nitrogens with zero attached hydrogens (tertiary/aromatic N) is 2. The van der Waals surface area contributed by atoms with Crippen molar-refractivity contribution < 1.29 is 18.0 Å². The number of carbonyl (C=O) groups excluding carboxylic acids is 2. The summed E-state index contributed by atoms with van der Waals surface area (Å²) < 4.78 is 26.0. The van der Waals surface area contributed by atoms with Gasteiger partial charge in [0, 0.05) is 35.1 Å². The van der Waals surface area contributed by atoms with E-state index >= 15 is 0 Å². The zero-order valence-electron chi connectivity index (χ0n) is 20.7. The van der Waals surface area contributed by atoms with E-state index in [1.54, 1.807) is 43.3 Å². The van der Waals surface area contributed by atoms with Gasteiger partial charge in [-0.1, -0.05) is 41.4 Å². The van der Waals surface area contributed by atoms with Crippen molar-refractivity contribution in [2.24, 2.45) is 0 Å². The Hall–Kier alpha value is -2.29. The SMILES string of the molecule is C[C@H](C(=O)NC(C)(C)C)N(Cc1ccccc1Cl)C(=O)CCCN(c1ccc(Cl)cc1)S(C)(=O)=O. The van der Waals surface area contributed by atoms with Crippen LogP contribution in [0.2, 0.25) is 10.0 Å². The van der Waals surface area contributed by atoms with E-state index in [1.807, 2.05) is 32.9 Å². The summed E-state index contributed by atoms with van der Waals surface area (Å²) >= 11 is 12.2. The van der Waals surface area contributed by atoms with E-state index in [4.69, 9.17) is 23.2 Å². The molecule has 0 spiro atoms. The van der Waals surface area contributed by atoms with Gasteiger partial charge in [-0.05, 0) is 70.0 Å². The van der Waals surface area contributed by atoms with Crippen molar-refractivity contribution in [1.82, 2.24) is 10.2 Å². The average Bonchev–Trinajstić information content (AvgIpc) is 2.74. The first kappa shape index (κ1) is 28.9. The molecule has 35 heavy (non-hydrogen) atoms. The van der Waals surface area contributed by atoms with E-state index in [-0.39, 0.29) is 37.7 Å². The molecule has 1 N–H and O–H groups in total. The van der Waals surface area contributed by atoms with Crippen LogP contribution in [0.4, 0.5) is 5.69 Å². The second-order valence-electron chi connectivity index (χ2n) is 9.44. The van der Waals surface area contributed by atoms with Crippen LogP contribution in [0.1, 0.15) is 46.1 Å². The summed E-state index contributed by atoms with van der Waals surface area (Å²) in [5.41, 5.74) is 0.728. The van der Waals surface area contributed by atoms with Crippen LogP contribution in [0.25, 0.3) is 0 Å². The Morgan fingerprint density at radius 1 is 1.03 bits per heavy atom. The number of nitrogens with one attached hydrogen (secondary N) is 1. The molecule has 0 aromatic heterocycles. The van der Waals surface area contributed by atoms with Gasteiger partial charge in [-0.2, -0.15) is 0 Å². The molecule has 2 amide bonds. The van der Waals surface area contributed by atoms with Crippen LogP contribution in [0.15, 0.2) is 48.5 Å². The molecule has 0 saturated heterocycles. The maximum absolute atomic E-state index is 13.3. The van der Waals surface area contributed by atoms with Crippen molar-refractivity contribution in [2.45, 2.75) is 58.7 Å². The summed E-state index contributed by atoms with van der Waals surface area (Å²) in [6, 6.07) is 12.9. The molecule has 0 aliphatic rings. The van der Waals surface area contributed by atoms with Gasteiger partial charge in [0.15, 0.2) is 0 Å². The first-order valence-electron chi connectivity index (χ1n) is 11.3. The van der Waals surface area contributed by atoms with Crippen LogP contribution in [0, 0.1) is 0 Å². The highest BCUT2D eigenvalue weighted by Crippen LogP contribution is 2.22. The first-order chi connectivity index (χ1) is 16.2. The predicted molar refractivity (Wildman–Crippen MR) is 142 cm³/mol. The van der Waals surface area contributed by atoms with Crippen molar-refractivity contribution >= 4 is 50.7 Å². The third-order valence-electron chi connectivity index (χ3n) is 5.23. The number of amides is 2. The second-order valence-corrected chi connectivity index (χ2v) is 12.2. The Kier molecular flexibility index (Phi) is 10.0. The zero-order valence-corrected chi connectivity index (χ0v) is 23.0. The van der Waals surface area contributed by atoms with E-state index in [0.29, 0.717) is 15.7 Å². The highest BCUT2D eigenvalue weighted by Gasteiger charge is 2.29. The second kappa shape index (κ2) is 12.1. The van der Waals surface area contributed by atoms with Gasteiger partial charge in [0.1, 0.15) is 6.04 Å². The largest absolute Gasteiger partial charge is 0.350 e. The lowest BCUT2D eigenvalue weighted by Gasteiger charge is -2.32. The van der Waals surface area contributed by atoms with Crippen molar-refractivity contribution in [3.8, 4) is 0 Å². The number of halogens is 2. The first-order valence-corrected chi connectivity index (χ1v) is 13.9. The average molecular weight is 543 g/mol. The molecule has 2 aromatic rings. The van der Waals surface area contributed by atoms with Crippen LogP contribution < -0.4 is 9.62 Å². The Morgan fingerprint density at radius 3 is 2.17 bits per heavy atom. The molecule has 10 heteroatoms. The van der Waals surface area contributed by atoms with Gasteiger partial charge in [0.2, 0.25) is 21.8 Å². The van der Waals surface area contributed by atoms with Gasteiger partial charge in [-0.3, -0.25) is 13.9 Å². The standard InChI is InChI=1S/C25H33Cl2N3O4S/c1-18(24(32)28-25(2,3)4)29(17-19-9-6-7-10-22(19)27)23(31)11-8-16-30(35(5,33)34)21-14-12-20(26)13-15-21/h6-7,9-10,12-15,18H,8,11,16-17H2,1-5H3,(H,28,32)/t18-/m1/s1. The quantitative estimate of drug-likeness (QED) is 0.464. The van der Waals surface area contributed by atoms with Crippen LogP contribution >= 0.6 is 23.2 Å². The number of hydrogen-bond donors (Lipinski definition) is 1. The molecular weight excluding hydrogens is 509 g/mol. The molecule has 0 aliphatic carbocycles. The van der Waals surface area contributed by atoms with E-state index in [1.165, 1.54) is 9.21 Å². The van der Waals surface area contributed by atoms with Crippen molar-refractivity contribution in [1.29, 1.82) is 0 Å². The van der Waals surface area contributed by atoms with Crippen LogP contribution in [0.5, 0.6) is 0 Å². The molecule has 0 heterocycles. The van der Waals surface area contributed by atoms with Crippen LogP contribution in [0.3, 0.4) is 0 Å². The smallest absolute Gasteiger partial charge is 0.242 e. The minimum atomic E-state index is -3.57. The van der Waals surface area contributed by atoms with Crippen LogP contribution in [-0.4, -0.2) is 49.5 Å². The number of carbonyl (C=O) groups is 2. The lowest BCUT2D eigenvalue weighted by molar-refractivity contribution is -0.141. The highest BCUT2D eigenvalue weighted by molar-refractivity contribution is 7.92. The molecule has 0 aliphatic heterocycles. The van der Waals surface area contributed by atoms with Gasteiger partial charge >= 0.3 is 0 Å². The molecule has 0 fully saturated rings. The fourth-order valence-electron chi connectivity index (χ4n) is 3.48. The molecule has 2 aromatic carbocycles. The molecule has 0 unspecified atom stereocenters. The summed E-state index contributed by atoms with van der Waals surface area (Å²) in [6.07, 6.45) is 1.43. The summed E-state index contributed by atoms with van der Waals surface area (Å²) in [5.74, 6) is -0.553. The van der Waals surface area contributed by atoms with E-state index < -0.39 is 21.6 Å². The van der Waals surface area contributed by atoms with Crippen molar-refractivity contribution in [3.05, 3.63) is 64.1 Å².